The largest absolute Gasteiger partial charge is 0.445 e. The molecule has 1 aromatic rings. The van der Waals surface area contributed by atoms with E-state index in [2.05, 4.69) is 26.1 Å². The van der Waals surface area contributed by atoms with E-state index < -0.39 is 0 Å². The van der Waals surface area contributed by atoms with Crippen LogP contribution in [0.15, 0.2) is 22.7 Å². The quantitative estimate of drug-likeness (QED) is 0.856. The van der Waals surface area contributed by atoms with Crippen LogP contribution in [0.5, 0.6) is 0 Å². The highest BCUT2D eigenvalue weighted by molar-refractivity contribution is 9.10. The summed E-state index contributed by atoms with van der Waals surface area (Å²) in [5.41, 5.74) is 2.23. The number of amides is 1. The Balaban J connectivity index is 1.40. The van der Waals surface area contributed by atoms with E-state index >= 15 is 0 Å². The Bertz CT molecular complexity index is 602. The fourth-order valence-electron chi connectivity index (χ4n) is 3.89. The maximum atomic E-state index is 12.3. The number of nitrogens with zero attached hydrogens (tertiary/aromatic N) is 1. The molecule has 3 fully saturated rings. The van der Waals surface area contributed by atoms with Gasteiger partial charge in [0.15, 0.2) is 0 Å². The van der Waals surface area contributed by atoms with Gasteiger partial charge in [-0.2, -0.15) is 0 Å². The van der Waals surface area contributed by atoms with Crippen molar-refractivity contribution in [2.24, 2.45) is 5.92 Å². The van der Waals surface area contributed by atoms with Crippen molar-refractivity contribution in [1.82, 2.24) is 10.2 Å². The van der Waals surface area contributed by atoms with Gasteiger partial charge in [-0.1, -0.05) is 22.0 Å². The summed E-state index contributed by atoms with van der Waals surface area (Å²) in [5.74, 6) is 0.525. The summed E-state index contributed by atoms with van der Waals surface area (Å²) in [6.45, 7) is 4.24. The Hall–Kier alpha value is -1.11. The maximum Gasteiger partial charge on any atom is 0.408 e. The molecule has 1 N–H and O–H groups in total. The summed E-state index contributed by atoms with van der Waals surface area (Å²) < 4.78 is 12.3. The van der Waals surface area contributed by atoms with Crippen LogP contribution in [0.25, 0.3) is 0 Å². The molecular weight excluding hydrogens is 360 g/mol. The molecule has 2 bridgehead atoms. The van der Waals surface area contributed by atoms with Gasteiger partial charge in [-0.05, 0) is 55.1 Å². The predicted octanol–water partition coefficient (Wildman–Crippen LogP) is 2.84. The van der Waals surface area contributed by atoms with E-state index in [-0.39, 0.29) is 18.2 Å². The third kappa shape index (κ3) is 3.25. The van der Waals surface area contributed by atoms with E-state index in [0.717, 1.165) is 48.1 Å². The zero-order valence-corrected chi connectivity index (χ0v) is 14.5. The van der Waals surface area contributed by atoms with E-state index in [0.29, 0.717) is 19.1 Å². The van der Waals surface area contributed by atoms with E-state index in [1.807, 2.05) is 18.2 Å². The molecule has 1 aromatic carbocycles. The molecule has 0 radical (unpaired) electrons. The minimum atomic E-state index is -0.326. The number of hydrogen-bond donors (Lipinski definition) is 1. The van der Waals surface area contributed by atoms with Gasteiger partial charge >= 0.3 is 6.09 Å². The smallest absolute Gasteiger partial charge is 0.408 e. The summed E-state index contributed by atoms with van der Waals surface area (Å²) in [6, 6.07) is 5.95. The van der Waals surface area contributed by atoms with E-state index in [1.54, 1.807) is 0 Å². The molecule has 6 heteroatoms. The third-order valence-corrected chi connectivity index (χ3v) is 5.66. The second kappa shape index (κ2) is 6.42. The molecule has 23 heavy (non-hydrogen) atoms. The highest BCUT2D eigenvalue weighted by Crippen LogP contribution is 2.30. The second-order valence-corrected chi connectivity index (χ2v) is 7.55. The van der Waals surface area contributed by atoms with Crippen LogP contribution in [0.3, 0.4) is 0 Å². The standard InChI is InChI=1S/C17H21BrN2O3/c18-13-1-2-14-12(7-13)9-22-10-15(14)19-17(21)23-16-8-20-5-3-11(16)4-6-20/h1-2,7,11,15-16H,3-6,8-10H2,(H,19,21)/t15?,16-/m0/s1. The lowest BCUT2D eigenvalue weighted by Gasteiger charge is -2.44. The molecule has 4 heterocycles. The topological polar surface area (TPSA) is 50.8 Å². The van der Waals surface area contributed by atoms with Gasteiger partial charge in [0.25, 0.3) is 0 Å². The average molecular weight is 381 g/mol. The minimum absolute atomic E-state index is 0.0337. The first-order valence-electron chi connectivity index (χ1n) is 8.24. The zero-order chi connectivity index (χ0) is 15.8. The zero-order valence-electron chi connectivity index (χ0n) is 13.0. The fraction of sp³-hybridized carbons (Fsp3) is 0.588. The fourth-order valence-corrected chi connectivity index (χ4v) is 4.30. The van der Waals surface area contributed by atoms with Crippen LogP contribution < -0.4 is 5.32 Å². The van der Waals surface area contributed by atoms with Gasteiger partial charge in [-0.15, -0.1) is 0 Å². The van der Waals surface area contributed by atoms with Gasteiger partial charge in [-0.3, -0.25) is 4.90 Å². The molecule has 0 spiro atoms. The van der Waals surface area contributed by atoms with Crippen LogP contribution in [0.1, 0.15) is 30.0 Å². The molecule has 5 nitrogen and oxygen atoms in total. The number of nitrogens with one attached hydrogen (secondary N) is 1. The SMILES string of the molecule is O=C(NC1COCc2cc(Br)ccc21)O[C@H]1CN2CCC1CC2. The summed E-state index contributed by atoms with van der Waals surface area (Å²) >= 11 is 3.47. The van der Waals surface area contributed by atoms with Crippen molar-refractivity contribution >= 4 is 22.0 Å². The van der Waals surface area contributed by atoms with E-state index in [1.165, 1.54) is 0 Å². The Labute approximate surface area is 144 Å². The third-order valence-electron chi connectivity index (χ3n) is 5.17. The number of ether oxygens (including phenoxy) is 2. The molecule has 2 atom stereocenters. The van der Waals surface area contributed by atoms with Crippen LogP contribution in [-0.2, 0) is 16.1 Å². The number of carbonyl (C=O) groups excluding carboxylic acids is 1. The molecule has 3 saturated heterocycles. The first-order valence-corrected chi connectivity index (χ1v) is 9.04. The lowest BCUT2D eigenvalue weighted by Crippen LogP contribution is -2.53. The highest BCUT2D eigenvalue weighted by atomic mass is 79.9. The number of piperidine rings is 3. The number of alkyl carbamates (subject to hydrolysis) is 1. The van der Waals surface area contributed by atoms with Crippen molar-refractivity contribution in [3.63, 3.8) is 0 Å². The predicted molar refractivity (Wildman–Crippen MR) is 89.1 cm³/mol. The first-order chi connectivity index (χ1) is 11.2. The summed E-state index contributed by atoms with van der Waals surface area (Å²) in [6.07, 6.45) is 1.99. The van der Waals surface area contributed by atoms with E-state index in [4.69, 9.17) is 9.47 Å². The minimum Gasteiger partial charge on any atom is -0.445 e. The van der Waals surface area contributed by atoms with Crippen LogP contribution in [0, 0.1) is 5.92 Å². The molecule has 0 aromatic heterocycles. The molecular formula is C17H21BrN2O3. The van der Waals surface area contributed by atoms with Gasteiger partial charge < -0.3 is 14.8 Å². The van der Waals surface area contributed by atoms with Crippen LogP contribution in [0.2, 0.25) is 0 Å². The number of rotatable bonds is 2. The first kappa shape index (κ1) is 15.4. The van der Waals surface area contributed by atoms with Gasteiger partial charge in [0.2, 0.25) is 0 Å². The summed E-state index contributed by atoms with van der Waals surface area (Å²) in [4.78, 5) is 14.7. The Morgan fingerprint density at radius 2 is 2.17 bits per heavy atom. The molecule has 5 rings (SSSR count). The number of fused-ring (bicyclic) bond motifs is 4. The molecule has 124 valence electrons. The van der Waals surface area contributed by atoms with Gasteiger partial charge in [0.1, 0.15) is 6.10 Å². The molecule has 0 aliphatic carbocycles. The number of hydrogen-bond acceptors (Lipinski definition) is 4. The monoisotopic (exact) mass is 380 g/mol. The summed E-state index contributed by atoms with van der Waals surface area (Å²) in [7, 11) is 0. The molecule has 4 aliphatic rings. The lowest BCUT2D eigenvalue weighted by molar-refractivity contribution is -0.0353. The van der Waals surface area contributed by atoms with Crippen molar-refractivity contribution in [2.45, 2.75) is 31.6 Å². The highest BCUT2D eigenvalue weighted by Gasteiger charge is 2.37. The summed E-state index contributed by atoms with van der Waals surface area (Å²) in [5, 5.41) is 2.98. The molecule has 0 saturated carbocycles. The maximum absolute atomic E-state index is 12.3. The van der Waals surface area contributed by atoms with Crippen LogP contribution >= 0.6 is 15.9 Å². The van der Waals surface area contributed by atoms with Crippen molar-refractivity contribution in [2.75, 3.05) is 26.2 Å². The Morgan fingerprint density at radius 1 is 1.35 bits per heavy atom. The van der Waals surface area contributed by atoms with Crippen molar-refractivity contribution < 1.29 is 14.3 Å². The number of benzene rings is 1. The Morgan fingerprint density at radius 3 is 2.91 bits per heavy atom. The van der Waals surface area contributed by atoms with Gasteiger partial charge in [0.05, 0.1) is 19.3 Å². The number of halogens is 1. The average Bonchev–Trinajstić information content (AvgIpc) is 2.56. The van der Waals surface area contributed by atoms with Crippen LogP contribution in [-0.4, -0.2) is 43.3 Å². The Kier molecular flexibility index (Phi) is 4.30. The van der Waals surface area contributed by atoms with E-state index in [9.17, 15) is 4.79 Å². The normalized spacial score (nSPS) is 32.2. The van der Waals surface area contributed by atoms with Crippen LogP contribution in [0.4, 0.5) is 4.79 Å². The van der Waals surface area contributed by atoms with Crippen molar-refractivity contribution in [3.8, 4) is 0 Å². The number of carbonyl (C=O) groups is 1. The molecule has 1 unspecified atom stereocenters. The molecule has 4 aliphatic heterocycles. The van der Waals surface area contributed by atoms with Gasteiger partial charge in [0, 0.05) is 11.0 Å². The molecule has 1 amide bonds. The lowest BCUT2D eigenvalue weighted by atomic mass is 9.86. The second-order valence-electron chi connectivity index (χ2n) is 6.64. The van der Waals surface area contributed by atoms with Crippen molar-refractivity contribution in [3.05, 3.63) is 33.8 Å². The van der Waals surface area contributed by atoms with Gasteiger partial charge in [-0.25, -0.2) is 4.79 Å². The van der Waals surface area contributed by atoms with Crippen molar-refractivity contribution in [1.29, 1.82) is 0 Å².